The molecule has 0 radical (unpaired) electrons. The van der Waals surface area contributed by atoms with Gasteiger partial charge in [0.2, 0.25) is 0 Å². The van der Waals surface area contributed by atoms with Gasteiger partial charge in [-0.1, -0.05) is 30.9 Å². The van der Waals surface area contributed by atoms with Gasteiger partial charge in [-0.05, 0) is 48.9 Å². The Morgan fingerprint density at radius 3 is 2.82 bits per heavy atom. The van der Waals surface area contributed by atoms with Crippen LogP contribution in [-0.2, 0) is 6.42 Å². The van der Waals surface area contributed by atoms with E-state index in [1.807, 2.05) is 0 Å². The topological polar surface area (TPSA) is 0 Å². The summed E-state index contributed by atoms with van der Waals surface area (Å²) < 4.78 is 13.6. The molecule has 1 aliphatic carbocycles. The molecule has 3 heteroatoms. The van der Waals surface area contributed by atoms with Crippen LogP contribution in [0.2, 0.25) is 5.02 Å². The number of alkyl halides is 1. The quantitative estimate of drug-likeness (QED) is 0.513. The molecule has 0 amide bonds. The Hall–Kier alpha value is -0.270. The third-order valence-corrected chi connectivity index (χ3v) is 4.12. The summed E-state index contributed by atoms with van der Waals surface area (Å²) in [6.45, 7) is 0. The summed E-state index contributed by atoms with van der Waals surface area (Å²) in [4.78, 5) is 0. The minimum Gasteiger partial charge on any atom is -0.207 e. The maximum Gasteiger partial charge on any atom is 0.126 e. The minimum absolute atomic E-state index is 0.148. The summed E-state index contributed by atoms with van der Waals surface area (Å²) in [5, 5.41) is 0.863. The predicted molar refractivity (Wildman–Crippen MR) is 71.3 cm³/mol. The number of benzene rings is 1. The lowest BCUT2D eigenvalue weighted by atomic mass is 9.92. The molecule has 2 unspecified atom stereocenters. The number of hydrogen-bond acceptors (Lipinski definition) is 0. The van der Waals surface area contributed by atoms with Gasteiger partial charge in [-0.25, -0.2) is 4.39 Å². The molecule has 17 heavy (non-hydrogen) atoms. The molecular weight excluding hydrogens is 258 g/mol. The third-order valence-electron chi connectivity index (χ3n) is 3.49. The zero-order valence-corrected chi connectivity index (χ0v) is 11.3. The molecule has 0 spiro atoms. The highest BCUT2D eigenvalue weighted by molar-refractivity contribution is 6.30. The molecule has 0 saturated heterocycles. The average molecular weight is 275 g/mol. The fraction of sp³-hybridized carbons (Fsp3) is 0.571. The summed E-state index contributed by atoms with van der Waals surface area (Å²) in [5.41, 5.74) is 0.730. The highest BCUT2D eigenvalue weighted by Gasteiger charge is 2.20. The molecule has 1 fully saturated rings. The molecule has 0 bridgehead atoms. The second-order valence-electron chi connectivity index (χ2n) is 4.92. The maximum absolute atomic E-state index is 13.6. The van der Waals surface area contributed by atoms with Crippen LogP contribution in [-0.4, -0.2) is 5.38 Å². The van der Waals surface area contributed by atoms with E-state index in [1.165, 1.54) is 18.9 Å². The van der Waals surface area contributed by atoms with Crippen LogP contribution in [0.4, 0.5) is 4.39 Å². The zero-order valence-electron chi connectivity index (χ0n) is 9.76. The zero-order chi connectivity index (χ0) is 12.3. The van der Waals surface area contributed by atoms with E-state index in [1.54, 1.807) is 12.1 Å². The van der Waals surface area contributed by atoms with Crippen molar-refractivity contribution >= 4 is 23.2 Å². The van der Waals surface area contributed by atoms with Crippen LogP contribution in [0.5, 0.6) is 0 Å². The van der Waals surface area contributed by atoms with Gasteiger partial charge in [-0.15, -0.1) is 11.6 Å². The Balaban J connectivity index is 2.06. The van der Waals surface area contributed by atoms with Crippen molar-refractivity contribution in [2.45, 2.75) is 43.9 Å². The Bertz CT molecular complexity index is 378. The molecule has 0 heterocycles. The van der Waals surface area contributed by atoms with Gasteiger partial charge in [0.1, 0.15) is 5.82 Å². The van der Waals surface area contributed by atoms with Crippen LogP contribution in [0, 0.1) is 11.7 Å². The molecule has 0 aromatic heterocycles. The first kappa shape index (κ1) is 13.2. The van der Waals surface area contributed by atoms with Crippen molar-refractivity contribution in [3.8, 4) is 0 Å². The Morgan fingerprint density at radius 2 is 2.00 bits per heavy atom. The fourth-order valence-corrected chi connectivity index (χ4v) is 3.19. The number of rotatable bonds is 2. The molecule has 1 aliphatic rings. The van der Waals surface area contributed by atoms with Crippen molar-refractivity contribution in [2.24, 2.45) is 5.92 Å². The lowest BCUT2D eigenvalue weighted by Gasteiger charge is -2.16. The maximum atomic E-state index is 13.6. The largest absolute Gasteiger partial charge is 0.207 e. The summed E-state index contributed by atoms with van der Waals surface area (Å²) in [6, 6.07) is 4.79. The molecule has 94 valence electrons. The van der Waals surface area contributed by atoms with Gasteiger partial charge in [0, 0.05) is 10.4 Å². The number of halogens is 3. The van der Waals surface area contributed by atoms with Crippen LogP contribution in [0.3, 0.4) is 0 Å². The molecule has 1 saturated carbocycles. The molecule has 0 N–H and O–H groups in total. The molecule has 1 aromatic rings. The Kier molecular flexibility index (Phi) is 4.69. The van der Waals surface area contributed by atoms with Crippen molar-refractivity contribution in [2.75, 3.05) is 0 Å². The summed E-state index contributed by atoms with van der Waals surface area (Å²) in [7, 11) is 0. The first-order chi connectivity index (χ1) is 8.15. The van der Waals surface area contributed by atoms with Gasteiger partial charge in [0.25, 0.3) is 0 Å². The Labute approximate surface area is 112 Å². The van der Waals surface area contributed by atoms with Crippen LogP contribution in [0.25, 0.3) is 0 Å². The van der Waals surface area contributed by atoms with E-state index in [4.69, 9.17) is 23.2 Å². The van der Waals surface area contributed by atoms with Gasteiger partial charge in [-0.3, -0.25) is 0 Å². The van der Waals surface area contributed by atoms with Crippen molar-refractivity contribution in [3.63, 3.8) is 0 Å². The van der Waals surface area contributed by atoms with Gasteiger partial charge in [-0.2, -0.15) is 0 Å². The highest BCUT2D eigenvalue weighted by Crippen LogP contribution is 2.30. The van der Waals surface area contributed by atoms with Gasteiger partial charge in [0.05, 0.1) is 0 Å². The SMILES string of the molecule is Fc1ccc(Cl)cc1CC1CCCCC(Cl)C1. The van der Waals surface area contributed by atoms with E-state index in [9.17, 15) is 4.39 Å². The molecule has 2 rings (SSSR count). The predicted octanol–water partition coefficient (Wildman–Crippen LogP) is 5.21. The molecule has 1 aromatic carbocycles. The van der Waals surface area contributed by atoms with Crippen LogP contribution < -0.4 is 0 Å². The van der Waals surface area contributed by atoms with Gasteiger partial charge >= 0.3 is 0 Å². The monoisotopic (exact) mass is 274 g/mol. The number of hydrogen-bond donors (Lipinski definition) is 0. The van der Waals surface area contributed by atoms with E-state index in [-0.39, 0.29) is 11.2 Å². The third kappa shape index (κ3) is 3.86. The average Bonchev–Trinajstić information content (AvgIpc) is 2.48. The Morgan fingerprint density at radius 1 is 1.24 bits per heavy atom. The van der Waals surface area contributed by atoms with Crippen LogP contribution in [0.1, 0.15) is 37.7 Å². The minimum atomic E-state index is -0.148. The van der Waals surface area contributed by atoms with E-state index in [0.29, 0.717) is 10.9 Å². The molecule has 2 atom stereocenters. The lowest BCUT2D eigenvalue weighted by Crippen LogP contribution is -2.09. The molecular formula is C14H17Cl2F. The first-order valence-corrected chi connectivity index (χ1v) is 7.04. The normalized spacial score (nSPS) is 25.6. The summed E-state index contributed by atoms with van der Waals surface area (Å²) >= 11 is 12.1. The first-order valence-electron chi connectivity index (χ1n) is 6.23. The summed E-state index contributed by atoms with van der Waals surface area (Å²) in [5.74, 6) is 0.345. The van der Waals surface area contributed by atoms with Crippen LogP contribution >= 0.6 is 23.2 Å². The van der Waals surface area contributed by atoms with Gasteiger partial charge in [0.15, 0.2) is 0 Å². The highest BCUT2D eigenvalue weighted by atomic mass is 35.5. The van der Waals surface area contributed by atoms with E-state index < -0.39 is 0 Å². The van der Waals surface area contributed by atoms with E-state index in [0.717, 1.165) is 31.2 Å². The molecule has 0 aliphatic heterocycles. The second-order valence-corrected chi connectivity index (χ2v) is 5.98. The lowest BCUT2D eigenvalue weighted by molar-refractivity contribution is 0.450. The standard InChI is InChI=1S/C14H17Cl2F/c15-12-4-2-1-3-10(8-12)7-11-9-13(16)5-6-14(11)17/h5-6,9-10,12H,1-4,7-8H2. The second kappa shape index (κ2) is 6.06. The van der Waals surface area contributed by atoms with Crippen molar-refractivity contribution < 1.29 is 4.39 Å². The molecule has 0 nitrogen and oxygen atoms in total. The van der Waals surface area contributed by atoms with Crippen molar-refractivity contribution in [3.05, 3.63) is 34.6 Å². The fourth-order valence-electron chi connectivity index (χ4n) is 2.59. The van der Waals surface area contributed by atoms with Crippen molar-refractivity contribution in [1.82, 2.24) is 0 Å². The smallest absolute Gasteiger partial charge is 0.126 e. The van der Waals surface area contributed by atoms with Gasteiger partial charge < -0.3 is 0 Å². The van der Waals surface area contributed by atoms with E-state index >= 15 is 0 Å². The van der Waals surface area contributed by atoms with E-state index in [2.05, 4.69) is 0 Å². The summed E-state index contributed by atoms with van der Waals surface area (Å²) in [6.07, 6.45) is 6.40. The van der Waals surface area contributed by atoms with Crippen LogP contribution in [0.15, 0.2) is 18.2 Å². The van der Waals surface area contributed by atoms with Crippen molar-refractivity contribution in [1.29, 1.82) is 0 Å².